The largest absolute Gasteiger partial charge is 0.472 e. The van der Waals surface area contributed by atoms with Gasteiger partial charge in [-0.1, -0.05) is 0 Å². The molecule has 0 radical (unpaired) electrons. The molecule has 74 valence electrons. The minimum Gasteiger partial charge on any atom is -0.472 e. The minimum absolute atomic E-state index is 0.520. The van der Waals surface area contributed by atoms with Crippen LogP contribution in [0.2, 0.25) is 0 Å². The molecule has 0 fully saturated rings. The van der Waals surface area contributed by atoms with E-state index < -0.39 is 21.1 Å². The third-order valence-electron chi connectivity index (χ3n) is 2.11. The van der Waals surface area contributed by atoms with E-state index in [0.29, 0.717) is 5.56 Å². The highest BCUT2D eigenvalue weighted by Gasteiger charge is 2.24. The van der Waals surface area contributed by atoms with Crippen LogP contribution in [0, 0.1) is 0 Å². The maximum Gasteiger partial charge on any atom is 0.151 e. The molecule has 1 aromatic rings. The molecular weight excluding hydrogens is 190 g/mol. The summed E-state index contributed by atoms with van der Waals surface area (Å²) in [7, 11) is -3.09. The van der Waals surface area contributed by atoms with Crippen molar-refractivity contribution in [1.29, 1.82) is 0 Å². The summed E-state index contributed by atoms with van der Waals surface area (Å²) >= 11 is 0. The fraction of sp³-hybridized carbons (Fsp3) is 0.500. The standard InChI is InChI=1S/C8H13NO3S/c1-6(13(2,10)11)8(9)7-3-4-12-5-7/h3-6,8H,9H2,1-2H3. The Balaban J connectivity index is 2.86. The van der Waals surface area contributed by atoms with Crippen molar-refractivity contribution < 1.29 is 12.8 Å². The molecule has 0 aliphatic carbocycles. The molecule has 1 heterocycles. The fourth-order valence-electron chi connectivity index (χ4n) is 1.00. The van der Waals surface area contributed by atoms with Crippen LogP contribution in [-0.2, 0) is 9.84 Å². The van der Waals surface area contributed by atoms with E-state index in [1.54, 1.807) is 13.0 Å². The van der Waals surface area contributed by atoms with Gasteiger partial charge in [-0.25, -0.2) is 8.42 Å². The van der Waals surface area contributed by atoms with Gasteiger partial charge in [-0.05, 0) is 13.0 Å². The molecule has 2 atom stereocenters. The van der Waals surface area contributed by atoms with Crippen LogP contribution in [0.25, 0.3) is 0 Å². The lowest BCUT2D eigenvalue weighted by Crippen LogP contribution is -2.30. The summed E-state index contributed by atoms with van der Waals surface area (Å²) in [5.41, 5.74) is 6.44. The number of furan rings is 1. The average Bonchev–Trinajstić information content (AvgIpc) is 2.51. The van der Waals surface area contributed by atoms with Crippen LogP contribution in [-0.4, -0.2) is 19.9 Å². The first-order chi connectivity index (χ1) is 5.93. The number of rotatable bonds is 3. The Kier molecular flexibility index (Phi) is 2.77. The number of sulfone groups is 1. The van der Waals surface area contributed by atoms with E-state index in [0.717, 1.165) is 0 Å². The van der Waals surface area contributed by atoms with Gasteiger partial charge in [0.25, 0.3) is 0 Å². The van der Waals surface area contributed by atoms with E-state index >= 15 is 0 Å². The monoisotopic (exact) mass is 203 g/mol. The SMILES string of the molecule is CC(C(N)c1ccoc1)S(C)(=O)=O. The summed E-state index contributed by atoms with van der Waals surface area (Å²) in [6.45, 7) is 1.59. The molecule has 0 saturated carbocycles. The molecule has 1 aromatic heterocycles. The van der Waals surface area contributed by atoms with Crippen molar-refractivity contribution >= 4 is 9.84 Å². The first-order valence-corrected chi connectivity index (χ1v) is 5.85. The van der Waals surface area contributed by atoms with Crippen molar-refractivity contribution in [1.82, 2.24) is 0 Å². The van der Waals surface area contributed by atoms with E-state index in [9.17, 15) is 8.42 Å². The lowest BCUT2D eigenvalue weighted by atomic mass is 10.1. The van der Waals surface area contributed by atoms with Crippen molar-refractivity contribution in [2.75, 3.05) is 6.26 Å². The fourth-order valence-corrected chi connectivity index (χ4v) is 1.69. The van der Waals surface area contributed by atoms with E-state index in [4.69, 9.17) is 10.2 Å². The summed E-state index contributed by atoms with van der Waals surface area (Å²) in [5.74, 6) is 0. The zero-order chi connectivity index (χ0) is 10.1. The Morgan fingerprint density at radius 2 is 2.15 bits per heavy atom. The summed E-state index contributed by atoms with van der Waals surface area (Å²) in [6, 6.07) is 1.15. The Morgan fingerprint density at radius 3 is 2.54 bits per heavy atom. The average molecular weight is 203 g/mol. The van der Waals surface area contributed by atoms with Crippen LogP contribution >= 0.6 is 0 Å². The van der Waals surface area contributed by atoms with Crippen molar-refractivity contribution in [3.8, 4) is 0 Å². The zero-order valence-electron chi connectivity index (χ0n) is 7.60. The maximum atomic E-state index is 11.2. The summed E-state index contributed by atoms with van der Waals surface area (Å²) < 4.78 is 27.1. The summed E-state index contributed by atoms with van der Waals surface area (Å²) in [5, 5.41) is -0.592. The molecule has 0 bridgehead atoms. The van der Waals surface area contributed by atoms with Gasteiger partial charge in [0.2, 0.25) is 0 Å². The van der Waals surface area contributed by atoms with Gasteiger partial charge < -0.3 is 10.2 Å². The van der Waals surface area contributed by atoms with Crippen molar-refractivity contribution in [2.45, 2.75) is 18.2 Å². The number of hydrogen-bond acceptors (Lipinski definition) is 4. The topological polar surface area (TPSA) is 73.3 Å². The van der Waals surface area contributed by atoms with Crippen LogP contribution < -0.4 is 5.73 Å². The van der Waals surface area contributed by atoms with E-state index in [1.807, 2.05) is 0 Å². The quantitative estimate of drug-likeness (QED) is 0.785. The predicted molar refractivity (Wildman–Crippen MR) is 49.9 cm³/mol. The predicted octanol–water partition coefficient (Wildman–Crippen LogP) is 0.713. The van der Waals surface area contributed by atoms with E-state index in [1.165, 1.54) is 18.8 Å². The molecule has 2 N–H and O–H groups in total. The van der Waals surface area contributed by atoms with Crippen LogP contribution in [0.5, 0.6) is 0 Å². The third-order valence-corrected chi connectivity index (χ3v) is 3.75. The molecule has 1 rings (SSSR count). The molecule has 0 saturated heterocycles. The van der Waals surface area contributed by atoms with Crippen molar-refractivity contribution in [2.24, 2.45) is 5.73 Å². The molecule has 13 heavy (non-hydrogen) atoms. The smallest absolute Gasteiger partial charge is 0.151 e. The second-order valence-corrected chi connectivity index (χ2v) is 5.52. The van der Waals surface area contributed by atoms with Gasteiger partial charge in [0.1, 0.15) is 0 Å². The summed E-state index contributed by atoms with van der Waals surface area (Å²) in [6.07, 6.45) is 4.12. The highest BCUT2D eigenvalue weighted by Crippen LogP contribution is 2.18. The molecular formula is C8H13NO3S. The van der Waals surface area contributed by atoms with E-state index in [2.05, 4.69) is 0 Å². The molecule has 0 spiro atoms. The van der Waals surface area contributed by atoms with Gasteiger partial charge in [0.15, 0.2) is 9.84 Å². The zero-order valence-corrected chi connectivity index (χ0v) is 8.41. The van der Waals surface area contributed by atoms with Gasteiger partial charge in [-0.3, -0.25) is 0 Å². The highest BCUT2D eigenvalue weighted by molar-refractivity contribution is 7.91. The van der Waals surface area contributed by atoms with Crippen LogP contribution in [0.4, 0.5) is 0 Å². The van der Waals surface area contributed by atoms with Gasteiger partial charge in [0, 0.05) is 17.9 Å². The summed E-state index contributed by atoms with van der Waals surface area (Å²) in [4.78, 5) is 0. The Bertz CT molecular complexity index is 355. The lowest BCUT2D eigenvalue weighted by molar-refractivity contribution is 0.550. The van der Waals surface area contributed by atoms with E-state index in [-0.39, 0.29) is 0 Å². The van der Waals surface area contributed by atoms with Crippen LogP contribution in [0.15, 0.2) is 23.0 Å². The molecule has 0 aliphatic rings. The number of nitrogens with two attached hydrogens (primary N) is 1. The normalized spacial score (nSPS) is 16.8. The van der Waals surface area contributed by atoms with Crippen molar-refractivity contribution in [3.63, 3.8) is 0 Å². The Hall–Kier alpha value is -0.810. The number of hydrogen-bond donors (Lipinski definition) is 1. The second-order valence-electron chi connectivity index (χ2n) is 3.12. The third kappa shape index (κ3) is 2.32. The molecule has 5 heteroatoms. The van der Waals surface area contributed by atoms with Gasteiger partial charge in [-0.15, -0.1) is 0 Å². The van der Waals surface area contributed by atoms with Crippen LogP contribution in [0.3, 0.4) is 0 Å². The Morgan fingerprint density at radius 1 is 1.54 bits per heavy atom. The van der Waals surface area contributed by atoms with Gasteiger partial charge in [-0.2, -0.15) is 0 Å². The lowest BCUT2D eigenvalue weighted by Gasteiger charge is -2.16. The first kappa shape index (κ1) is 10.3. The minimum atomic E-state index is -3.09. The molecule has 4 nitrogen and oxygen atoms in total. The first-order valence-electron chi connectivity index (χ1n) is 3.89. The van der Waals surface area contributed by atoms with Gasteiger partial charge in [0.05, 0.1) is 17.8 Å². The van der Waals surface area contributed by atoms with Gasteiger partial charge >= 0.3 is 0 Å². The highest BCUT2D eigenvalue weighted by atomic mass is 32.2. The molecule has 2 unspecified atom stereocenters. The second kappa shape index (κ2) is 3.51. The molecule has 0 amide bonds. The molecule has 0 aliphatic heterocycles. The van der Waals surface area contributed by atoms with Crippen LogP contribution in [0.1, 0.15) is 18.5 Å². The van der Waals surface area contributed by atoms with Crippen molar-refractivity contribution in [3.05, 3.63) is 24.2 Å². The Labute approximate surface area is 77.7 Å². The maximum absolute atomic E-state index is 11.2. The molecule has 0 aromatic carbocycles.